The van der Waals surface area contributed by atoms with Crippen LogP contribution in [0.3, 0.4) is 0 Å². The molecule has 0 aliphatic heterocycles. The van der Waals surface area contributed by atoms with E-state index >= 15 is 0 Å². The smallest absolute Gasteiger partial charge is 0.383 e. The number of hydrogen-bond acceptors (Lipinski definition) is 6. The van der Waals surface area contributed by atoms with Gasteiger partial charge in [0.25, 0.3) is 0 Å². The summed E-state index contributed by atoms with van der Waals surface area (Å²) in [5.41, 5.74) is 2.08. The highest BCUT2D eigenvalue weighted by molar-refractivity contribution is 5.87. The fourth-order valence-electron chi connectivity index (χ4n) is 2.80. The van der Waals surface area contributed by atoms with E-state index in [0.717, 1.165) is 12.8 Å². The van der Waals surface area contributed by atoms with Crippen molar-refractivity contribution in [1.82, 2.24) is 0 Å². The van der Waals surface area contributed by atoms with E-state index in [1.807, 2.05) is 26.8 Å². The maximum absolute atomic E-state index is 12.6. The number of ether oxygens (including phenoxy) is 3. The Morgan fingerprint density at radius 3 is 2.47 bits per heavy atom. The maximum Gasteiger partial charge on any atom is 0.383 e. The Balaban J connectivity index is 2.31. The van der Waals surface area contributed by atoms with Gasteiger partial charge in [-0.1, -0.05) is 17.2 Å². The lowest BCUT2D eigenvalue weighted by Gasteiger charge is -2.16. The van der Waals surface area contributed by atoms with Crippen molar-refractivity contribution in [2.75, 3.05) is 6.61 Å². The Labute approximate surface area is 177 Å². The third-order valence-corrected chi connectivity index (χ3v) is 4.16. The summed E-state index contributed by atoms with van der Waals surface area (Å²) in [5.74, 6) is 0.185. The minimum absolute atomic E-state index is 0.0322. The summed E-state index contributed by atoms with van der Waals surface area (Å²) in [6, 6.07) is 4.79. The van der Waals surface area contributed by atoms with E-state index in [2.05, 4.69) is 19.9 Å². The van der Waals surface area contributed by atoms with E-state index in [0.29, 0.717) is 11.1 Å². The third-order valence-electron chi connectivity index (χ3n) is 4.16. The molecule has 0 unspecified atom stereocenters. The van der Waals surface area contributed by atoms with Crippen LogP contribution in [-0.4, -0.2) is 18.7 Å². The summed E-state index contributed by atoms with van der Waals surface area (Å²) >= 11 is 0. The zero-order valence-electron chi connectivity index (χ0n) is 18.5. The van der Waals surface area contributed by atoms with Gasteiger partial charge < -0.3 is 18.6 Å². The van der Waals surface area contributed by atoms with Crippen LogP contribution in [-0.2, 0) is 4.79 Å². The molecule has 162 valence electrons. The van der Waals surface area contributed by atoms with Crippen molar-refractivity contribution in [3.05, 3.63) is 51.9 Å². The van der Waals surface area contributed by atoms with Gasteiger partial charge in [0.2, 0.25) is 5.75 Å². The molecule has 0 radical (unpaired) electrons. The van der Waals surface area contributed by atoms with Gasteiger partial charge in [-0.3, -0.25) is 4.79 Å². The molecule has 1 heterocycles. The number of benzene rings is 1. The summed E-state index contributed by atoms with van der Waals surface area (Å²) in [6.07, 6.45) is 5.86. The average Bonchev–Trinajstić information content (AvgIpc) is 2.62. The van der Waals surface area contributed by atoms with E-state index in [1.54, 1.807) is 12.1 Å². The molecule has 2 rings (SSSR count). The highest BCUT2D eigenvalue weighted by atomic mass is 16.5. The number of allylic oxidation sites excluding steroid dienone is 3. The number of rotatable bonds is 9. The largest absolute Gasteiger partial charge is 0.486 e. The zero-order valence-corrected chi connectivity index (χ0v) is 18.5. The monoisotopic (exact) mass is 414 g/mol. The van der Waals surface area contributed by atoms with Gasteiger partial charge in [-0.15, -0.1) is 0 Å². The first kappa shape index (κ1) is 23.3. The van der Waals surface area contributed by atoms with Gasteiger partial charge in [0.1, 0.15) is 17.9 Å². The molecule has 1 aromatic carbocycles. The van der Waals surface area contributed by atoms with Gasteiger partial charge in [-0.25, -0.2) is 4.79 Å². The lowest BCUT2D eigenvalue weighted by Crippen LogP contribution is -2.14. The lowest BCUT2D eigenvalue weighted by atomic mass is 10.1. The fraction of sp³-hybridized carbons (Fsp3) is 0.417. The average molecular weight is 414 g/mol. The first-order chi connectivity index (χ1) is 14.2. The number of carbonyl (C=O) groups is 1. The Morgan fingerprint density at radius 1 is 1.10 bits per heavy atom. The number of hydrogen-bond donors (Lipinski definition) is 0. The van der Waals surface area contributed by atoms with Crippen molar-refractivity contribution in [3.8, 4) is 17.2 Å². The molecule has 0 bridgehead atoms. The molecule has 2 aromatic rings. The second kappa shape index (κ2) is 10.7. The molecular weight excluding hydrogens is 384 g/mol. The van der Waals surface area contributed by atoms with Crippen LogP contribution >= 0.6 is 0 Å². The Bertz CT molecular complexity index is 1010. The van der Waals surface area contributed by atoms with Crippen LogP contribution in [0.1, 0.15) is 54.4 Å². The Kier molecular flexibility index (Phi) is 8.27. The van der Waals surface area contributed by atoms with Gasteiger partial charge in [0, 0.05) is 13.0 Å². The van der Waals surface area contributed by atoms with Crippen LogP contribution in [0.5, 0.6) is 17.2 Å². The number of esters is 1. The Morgan fingerprint density at radius 2 is 1.83 bits per heavy atom. The van der Waals surface area contributed by atoms with Crippen LogP contribution in [0.4, 0.5) is 0 Å². The van der Waals surface area contributed by atoms with Gasteiger partial charge in [0.05, 0.1) is 11.5 Å². The number of carbonyl (C=O) groups excluding carboxylic acids is 1. The van der Waals surface area contributed by atoms with Crippen LogP contribution in [0.15, 0.2) is 50.7 Å². The molecule has 6 heteroatoms. The summed E-state index contributed by atoms with van der Waals surface area (Å²) in [5, 5.41) is 0.568. The van der Waals surface area contributed by atoms with Gasteiger partial charge in [-0.2, -0.15) is 0 Å². The van der Waals surface area contributed by atoms with Gasteiger partial charge in [-0.05, 0) is 65.7 Å². The van der Waals surface area contributed by atoms with Crippen molar-refractivity contribution in [3.63, 3.8) is 0 Å². The lowest BCUT2D eigenvalue weighted by molar-refractivity contribution is -0.131. The summed E-state index contributed by atoms with van der Waals surface area (Å²) in [6.45, 7) is 11.5. The molecule has 0 saturated carbocycles. The van der Waals surface area contributed by atoms with Crippen molar-refractivity contribution in [1.29, 1.82) is 0 Å². The molecule has 0 spiro atoms. The molecule has 0 aliphatic carbocycles. The van der Waals surface area contributed by atoms with E-state index < -0.39 is 11.6 Å². The first-order valence-corrected chi connectivity index (χ1v) is 10.0. The molecule has 0 N–H and O–H groups in total. The van der Waals surface area contributed by atoms with Gasteiger partial charge >= 0.3 is 11.6 Å². The first-order valence-electron chi connectivity index (χ1n) is 10.0. The zero-order chi connectivity index (χ0) is 22.3. The second-order valence-electron chi connectivity index (χ2n) is 7.65. The highest BCUT2D eigenvalue weighted by Crippen LogP contribution is 2.35. The summed E-state index contributed by atoms with van der Waals surface area (Å²) in [7, 11) is 0. The predicted molar refractivity (Wildman–Crippen MR) is 117 cm³/mol. The molecule has 30 heavy (non-hydrogen) atoms. The predicted octanol–water partition coefficient (Wildman–Crippen LogP) is 5.58. The molecule has 1 aromatic heterocycles. The topological polar surface area (TPSA) is 75.0 Å². The van der Waals surface area contributed by atoms with E-state index in [9.17, 15) is 9.59 Å². The highest BCUT2D eigenvalue weighted by Gasteiger charge is 2.19. The Hall–Kier alpha value is -3.02. The third kappa shape index (κ3) is 6.79. The van der Waals surface area contributed by atoms with Gasteiger partial charge in [0.15, 0.2) is 5.75 Å². The van der Waals surface area contributed by atoms with Crippen LogP contribution in [0, 0.1) is 0 Å². The number of fused-ring (bicyclic) bond motifs is 1. The van der Waals surface area contributed by atoms with Crippen molar-refractivity contribution in [2.24, 2.45) is 0 Å². The SMILES string of the molecule is CC(=O)Oc1ccc2c(OC(C)C)c(OCC=C(C)CCC=C(C)C)c(=O)oc2c1. The molecule has 0 saturated heterocycles. The second-order valence-corrected chi connectivity index (χ2v) is 7.65. The van der Waals surface area contributed by atoms with E-state index in [-0.39, 0.29) is 29.8 Å². The van der Waals surface area contributed by atoms with Crippen LogP contribution in [0.2, 0.25) is 0 Å². The molecule has 0 amide bonds. The molecular formula is C24H30O6. The summed E-state index contributed by atoms with van der Waals surface area (Å²) in [4.78, 5) is 23.8. The minimum atomic E-state index is -0.645. The normalized spacial score (nSPS) is 11.5. The van der Waals surface area contributed by atoms with Crippen molar-refractivity contribution >= 4 is 16.9 Å². The summed E-state index contributed by atoms with van der Waals surface area (Å²) < 4.78 is 22.1. The fourth-order valence-corrected chi connectivity index (χ4v) is 2.80. The van der Waals surface area contributed by atoms with Crippen LogP contribution in [0.25, 0.3) is 11.0 Å². The molecule has 0 aliphatic rings. The maximum atomic E-state index is 12.6. The van der Waals surface area contributed by atoms with E-state index in [1.165, 1.54) is 24.1 Å². The van der Waals surface area contributed by atoms with E-state index in [4.69, 9.17) is 18.6 Å². The standard InChI is InChI=1S/C24H30O6/c1-15(2)8-7-9-17(5)12-13-27-23-22(28-16(3)4)20-11-10-19(29-18(6)25)14-21(20)30-24(23)26/h8,10-12,14,16H,7,9,13H2,1-6H3. The quantitative estimate of drug-likeness (QED) is 0.231. The molecule has 0 atom stereocenters. The molecule has 0 fully saturated rings. The minimum Gasteiger partial charge on any atom is -0.486 e. The van der Waals surface area contributed by atoms with Crippen molar-refractivity contribution in [2.45, 2.75) is 60.5 Å². The molecule has 6 nitrogen and oxygen atoms in total. The van der Waals surface area contributed by atoms with Crippen molar-refractivity contribution < 1.29 is 23.4 Å². The van der Waals surface area contributed by atoms with Crippen LogP contribution < -0.4 is 19.8 Å².